The summed E-state index contributed by atoms with van der Waals surface area (Å²) < 4.78 is 5.88. The highest BCUT2D eigenvalue weighted by molar-refractivity contribution is 5.80. The van der Waals surface area contributed by atoms with Crippen LogP contribution in [0.4, 0.5) is 0 Å². The van der Waals surface area contributed by atoms with Gasteiger partial charge in [-0.3, -0.25) is 0 Å². The normalized spacial score (nSPS) is 10.7. The Morgan fingerprint density at radius 3 is 2.44 bits per heavy atom. The molecule has 0 bridgehead atoms. The number of hydrogen-bond donors (Lipinski definition) is 1. The van der Waals surface area contributed by atoms with E-state index in [0.717, 1.165) is 28.0 Å². The first-order valence-electron chi connectivity index (χ1n) is 8.45. The number of rotatable bonds is 8. The Morgan fingerprint density at radius 1 is 0.926 bits per heavy atom. The molecule has 0 saturated heterocycles. The monoisotopic (exact) mass is 361 g/mol. The van der Waals surface area contributed by atoms with Crippen LogP contribution in [0, 0.1) is 0 Å². The molecule has 136 valence electrons. The SMILES string of the molecule is O=C(O)CON=Cc1ccc(-c2cccc(OCc3ccccc3)c2)cc1. The van der Waals surface area contributed by atoms with E-state index in [1.165, 1.54) is 6.21 Å². The molecular formula is C22H19NO4. The molecule has 0 heterocycles. The summed E-state index contributed by atoms with van der Waals surface area (Å²) in [6, 6.07) is 25.7. The molecule has 0 spiro atoms. The van der Waals surface area contributed by atoms with Gasteiger partial charge in [0.05, 0.1) is 6.21 Å². The third kappa shape index (κ3) is 5.71. The molecule has 5 nitrogen and oxygen atoms in total. The van der Waals surface area contributed by atoms with Crippen molar-refractivity contribution < 1.29 is 19.5 Å². The molecule has 0 saturated carbocycles. The third-order valence-electron chi connectivity index (χ3n) is 3.79. The van der Waals surface area contributed by atoms with Crippen molar-refractivity contribution in [1.82, 2.24) is 0 Å². The molecule has 3 aromatic carbocycles. The highest BCUT2D eigenvalue weighted by Crippen LogP contribution is 2.24. The minimum atomic E-state index is -1.06. The van der Waals surface area contributed by atoms with E-state index in [1.807, 2.05) is 78.9 Å². The number of ether oxygens (including phenoxy) is 1. The fourth-order valence-corrected chi connectivity index (χ4v) is 2.46. The van der Waals surface area contributed by atoms with E-state index < -0.39 is 12.6 Å². The lowest BCUT2D eigenvalue weighted by atomic mass is 10.0. The zero-order chi connectivity index (χ0) is 18.9. The molecule has 0 aromatic heterocycles. The smallest absolute Gasteiger partial charge is 0.344 e. The van der Waals surface area contributed by atoms with Crippen LogP contribution in [0.25, 0.3) is 11.1 Å². The molecule has 0 aliphatic carbocycles. The van der Waals surface area contributed by atoms with E-state index in [-0.39, 0.29) is 0 Å². The summed E-state index contributed by atoms with van der Waals surface area (Å²) in [4.78, 5) is 15.0. The lowest BCUT2D eigenvalue weighted by Crippen LogP contribution is -2.03. The molecule has 0 atom stereocenters. The van der Waals surface area contributed by atoms with Crippen LogP contribution in [-0.2, 0) is 16.2 Å². The van der Waals surface area contributed by atoms with E-state index in [1.54, 1.807) is 0 Å². The fraction of sp³-hybridized carbons (Fsp3) is 0.0909. The van der Waals surface area contributed by atoms with Crippen molar-refractivity contribution in [3.8, 4) is 16.9 Å². The number of benzene rings is 3. The Bertz CT molecular complexity index is 905. The Balaban J connectivity index is 1.63. The molecule has 1 N–H and O–H groups in total. The van der Waals surface area contributed by atoms with Gasteiger partial charge >= 0.3 is 5.97 Å². The van der Waals surface area contributed by atoms with Gasteiger partial charge in [-0.15, -0.1) is 0 Å². The van der Waals surface area contributed by atoms with Gasteiger partial charge in [-0.2, -0.15) is 0 Å². The quantitative estimate of drug-likeness (QED) is 0.478. The van der Waals surface area contributed by atoms with Gasteiger partial charge in [0, 0.05) is 0 Å². The maximum atomic E-state index is 10.4. The molecule has 0 amide bonds. The Labute approximate surface area is 157 Å². The predicted octanol–water partition coefficient (Wildman–Crippen LogP) is 4.37. The van der Waals surface area contributed by atoms with E-state index in [9.17, 15) is 4.79 Å². The summed E-state index contributed by atoms with van der Waals surface area (Å²) in [6.45, 7) is 0.0698. The maximum absolute atomic E-state index is 10.4. The lowest BCUT2D eigenvalue weighted by Gasteiger charge is -2.08. The first-order valence-corrected chi connectivity index (χ1v) is 8.45. The molecule has 5 heteroatoms. The number of nitrogens with zero attached hydrogens (tertiary/aromatic N) is 1. The first kappa shape index (κ1) is 18.2. The van der Waals surface area contributed by atoms with Gasteiger partial charge in [0.2, 0.25) is 6.61 Å². The van der Waals surface area contributed by atoms with Crippen LogP contribution in [0.3, 0.4) is 0 Å². The second-order valence-electron chi connectivity index (χ2n) is 5.83. The second kappa shape index (κ2) is 9.20. The summed E-state index contributed by atoms with van der Waals surface area (Å²) in [5.74, 6) is -0.249. The van der Waals surface area contributed by atoms with Crippen LogP contribution in [0.5, 0.6) is 5.75 Å². The van der Waals surface area contributed by atoms with Crippen LogP contribution < -0.4 is 4.74 Å². The molecule has 0 unspecified atom stereocenters. The maximum Gasteiger partial charge on any atom is 0.344 e. The molecule has 0 aliphatic heterocycles. The number of aliphatic carboxylic acids is 1. The molecular weight excluding hydrogens is 342 g/mol. The third-order valence-corrected chi connectivity index (χ3v) is 3.79. The predicted molar refractivity (Wildman–Crippen MR) is 104 cm³/mol. The van der Waals surface area contributed by atoms with Crippen molar-refractivity contribution in [1.29, 1.82) is 0 Å². The van der Waals surface area contributed by atoms with Crippen LogP contribution in [0.1, 0.15) is 11.1 Å². The van der Waals surface area contributed by atoms with Crippen molar-refractivity contribution in [2.45, 2.75) is 6.61 Å². The summed E-state index contributed by atoms with van der Waals surface area (Å²) in [5.41, 5.74) is 4.03. The molecule has 0 radical (unpaired) electrons. The molecule has 27 heavy (non-hydrogen) atoms. The van der Waals surface area contributed by atoms with Gasteiger partial charge in [0.1, 0.15) is 12.4 Å². The van der Waals surface area contributed by atoms with Crippen LogP contribution in [0.2, 0.25) is 0 Å². The van der Waals surface area contributed by atoms with Crippen LogP contribution in [-0.4, -0.2) is 23.9 Å². The largest absolute Gasteiger partial charge is 0.489 e. The van der Waals surface area contributed by atoms with Gasteiger partial charge in [0.15, 0.2) is 0 Å². The number of carboxylic acid groups (broad SMARTS) is 1. The average molecular weight is 361 g/mol. The topological polar surface area (TPSA) is 68.1 Å². The summed E-state index contributed by atoms with van der Waals surface area (Å²) in [7, 11) is 0. The van der Waals surface area contributed by atoms with Gasteiger partial charge < -0.3 is 14.7 Å². The molecule has 0 fully saturated rings. The van der Waals surface area contributed by atoms with Crippen molar-refractivity contribution in [3.05, 3.63) is 90.0 Å². The van der Waals surface area contributed by atoms with Gasteiger partial charge in [-0.25, -0.2) is 4.79 Å². The van der Waals surface area contributed by atoms with Crippen molar-refractivity contribution in [2.24, 2.45) is 5.16 Å². The van der Waals surface area contributed by atoms with E-state index >= 15 is 0 Å². The van der Waals surface area contributed by atoms with E-state index in [0.29, 0.717) is 6.61 Å². The summed E-state index contributed by atoms with van der Waals surface area (Å²) in [5, 5.41) is 12.1. The Morgan fingerprint density at radius 2 is 1.70 bits per heavy atom. The van der Waals surface area contributed by atoms with Crippen LogP contribution in [0.15, 0.2) is 84.0 Å². The Hall–Kier alpha value is -3.60. The minimum absolute atomic E-state index is 0.454. The standard InChI is InChI=1S/C22H19NO4/c24-22(25)16-27-23-14-17-9-11-19(12-10-17)20-7-4-8-21(13-20)26-15-18-5-2-1-3-6-18/h1-14H,15-16H2,(H,24,25). The lowest BCUT2D eigenvalue weighted by molar-refractivity contribution is -0.142. The Kier molecular flexibility index (Phi) is 6.20. The van der Waals surface area contributed by atoms with Gasteiger partial charge in [-0.05, 0) is 34.4 Å². The van der Waals surface area contributed by atoms with Gasteiger partial charge in [0.25, 0.3) is 0 Å². The summed E-state index contributed by atoms with van der Waals surface area (Å²) in [6.07, 6.45) is 1.48. The fourth-order valence-electron chi connectivity index (χ4n) is 2.46. The van der Waals surface area contributed by atoms with Crippen molar-refractivity contribution >= 4 is 12.2 Å². The van der Waals surface area contributed by atoms with E-state index in [2.05, 4.69) is 9.99 Å². The van der Waals surface area contributed by atoms with Gasteiger partial charge in [-0.1, -0.05) is 71.9 Å². The number of carbonyl (C=O) groups is 1. The van der Waals surface area contributed by atoms with E-state index in [4.69, 9.17) is 9.84 Å². The first-order chi connectivity index (χ1) is 13.2. The number of oxime groups is 1. The zero-order valence-electron chi connectivity index (χ0n) is 14.6. The average Bonchev–Trinajstić information content (AvgIpc) is 2.71. The number of carboxylic acids is 1. The second-order valence-corrected chi connectivity index (χ2v) is 5.83. The molecule has 3 rings (SSSR count). The minimum Gasteiger partial charge on any atom is -0.489 e. The highest BCUT2D eigenvalue weighted by Gasteiger charge is 2.01. The van der Waals surface area contributed by atoms with Crippen molar-refractivity contribution in [3.63, 3.8) is 0 Å². The highest BCUT2D eigenvalue weighted by atomic mass is 16.6. The van der Waals surface area contributed by atoms with Crippen molar-refractivity contribution in [2.75, 3.05) is 6.61 Å². The zero-order valence-corrected chi connectivity index (χ0v) is 14.6. The molecule has 3 aromatic rings. The number of hydrogen-bond acceptors (Lipinski definition) is 4. The summed E-state index contributed by atoms with van der Waals surface area (Å²) >= 11 is 0. The molecule has 0 aliphatic rings. The van der Waals surface area contributed by atoms with Crippen LogP contribution >= 0.6 is 0 Å².